The molecule has 0 fully saturated rings. The molecule has 0 spiro atoms. The Bertz CT molecular complexity index is 438. The van der Waals surface area contributed by atoms with Gasteiger partial charge in [0.25, 0.3) is 0 Å². The van der Waals surface area contributed by atoms with E-state index in [0.29, 0.717) is 18.7 Å². The Kier molecular flexibility index (Phi) is 6.24. The molecule has 0 saturated carbocycles. The molecule has 0 saturated heterocycles. The topological polar surface area (TPSA) is 71.1 Å². The molecule has 106 valence electrons. The SMILES string of the molecule is COCCCN(C)Cc1cccc(/C(N)=N/O)c1F. The Hall–Kier alpha value is -1.66. The fraction of sp³-hybridized carbons (Fsp3) is 0.462. The fourth-order valence-corrected chi connectivity index (χ4v) is 1.80. The largest absolute Gasteiger partial charge is 0.409 e. The first-order chi connectivity index (χ1) is 9.10. The third-order valence-corrected chi connectivity index (χ3v) is 2.79. The Morgan fingerprint density at radius 3 is 2.89 bits per heavy atom. The van der Waals surface area contributed by atoms with E-state index in [-0.39, 0.29) is 11.4 Å². The molecule has 1 aromatic rings. The fourth-order valence-electron chi connectivity index (χ4n) is 1.80. The lowest BCUT2D eigenvalue weighted by Gasteiger charge is -2.17. The van der Waals surface area contributed by atoms with Gasteiger partial charge in [-0.1, -0.05) is 17.3 Å². The zero-order valence-electron chi connectivity index (χ0n) is 11.3. The van der Waals surface area contributed by atoms with E-state index in [1.165, 1.54) is 6.07 Å². The van der Waals surface area contributed by atoms with Crippen LogP contribution < -0.4 is 5.73 Å². The second kappa shape index (κ2) is 7.70. The molecule has 0 aliphatic rings. The van der Waals surface area contributed by atoms with Crippen LogP contribution in [0.2, 0.25) is 0 Å². The molecule has 1 aromatic carbocycles. The lowest BCUT2D eigenvalue weighted by Crippen LogP contribution is -2.22. The van der Waals surface area contributed by atoms with Crippen LogP contribution in [0.25, 0.3) is 0 Å². The smallest absolute Gasteiger partial charge is 0.173 e. The molecule has 0 aliphatic heterocycles. The third-order valence-electron chi connectivity index (χ3n) is 2.79. The minimum atomic E-state index is -0.448. The molecule has 0 heterocycles. The van der Waals surface area contributed by atoms with E-state index < -0.39 is 5.82 Å². The normalized spacial score (nSPS) is 12.1. The van der Waals surface area contributed by atoms with Gasteiger partial charge in [0.15, 0.2) is 5.84 Å². The molecule has 0 unspecified atom stereocenters. The van der Waals surface area contributed by atoms with Crippen LogP contribution >= 0.6 is 0 Å². The average Bonchev–Trinajstić information content (AvgIpc) is 2.40. The molecule has 19 heavy (non-hydrogen) atoms. The number of hydrogen-bond donors (Lipinski definition) is 2. The van der Waals surface area contributed by atoms with Crippen LogP contribution in [0.3, 0.4) is 0 Å². The molecule has 0 bridgehead atoms. The zero-order valence-corrected chi connectivity index (χ0v) is 11.3. The standard InChI is InChI=1S/C13H20FN3O2/c1-17(7-4-8-19-2)9-10-5-3-6-11(12(10)14)13(15)16-18/h3,5-6,18H,4,7-9H2,1-2H3,(H2,15,16). The third kappa shape index (κ3) is 4.50. The molecule has 0 radical (unpaired) electrons. The molecular formula is C13H20FN3O2. The molecule has 0 amide bonds. The zero-order chi connectivity index (χ0) is 14.3. The van der Waals surface area contributed by atoms with Gasteiger partial charge in [-0.15, -0.1) is 0 Å². The number of amidine groups is 1. The summed E-state index contributed by atoms with van der Waals surface area (Å²) in [6.07, 6.45) is 0.883. The number of hydrogen-bond acceptors (Lipinski definition) is 4. The summed E-state index contributed by atoms with van der Waals surface area (Å²) in [6, 6.07) is 4.86. The molecule has 0 atom stereocenters. The minimum Gasteiger partial charge on any atom is -0.409 e. The van der Waals surface area contributed by atoms with Crippen molar-refractivity contribution in [2.75, 3.05) is 27.3 Å². The van der Waals surface area contributed by atoms with Crippen molar-refractivity contribution < 1.29 is 14.3 Å². The number of ether oxygens (including phenoxy) is 1. The van der Waals surface area contributed by atoms with Crippen LogP contribution in [-0.4, -0.2) is 43.3 Å². The van der Waals surface area contributed by atoms with Crippen molar-refractivity contribution in [2.45, 2.75) is 13.0 Å². The quantitative estimate of drug-likeness (QED) is 0.258. The van der Waals surface area contributed by atoms with E-state index in [0.717, 1.165) is 13.0 Å². The van der Waals surface area contributed by atoms with Gasteiger partial charge in [0.1, 0.15) is 5.82 Å². The number of rotatable bonds is 7. The molecule has 0 aromatic heterocycles. The van der Waals surface area contributed by atoms with E-state index in [1.54, 1.807) is 19.2 Å². The van der Waals surface area contributed by atoms with Crippen LogP contribution in [0.1, 0.15) is 17.5 Å². The van der Waals surface area contributed by atoms with Gasteiger partial charge in [-0.3, -0.25) is 0 Å². The van der Waals surface area contributed by atoms with E-state index >= 15 is 0 Å². The van der Waals surface area contributed by atoms with Crippen LogP contribution in [0, 0.1) is 5.82 Å². The van der Waals surface area contributed by atoms with E-state index in [4.69, 9.17) is 15.7 Å². The molecule has 1 rings (SSSR count). The summed E-state index contributed by atoms with van der Waals surface area (Å²) in [7, 11) is 3.56. The van der Waals surface area contributed by atoms with Crippen molar-refractivity contribution in [3.63, 3.8) is 0 Å². The highest BCUT2D eigenvalue weighted by molar-refractivity contribution is 5.97. The highest BCUT2D eigenvalue weighted by atomic mass is 19.1. The Labute approximate surface area is 112 Å². The number of methoxy groups -OCH3 is 1. The maximum Gasteiger partial charge on any atom is 0.173 e. The lowest BCUT2D eigenvalue weighted by atomic mass is 10.1. The molecule has 6 heteroatoms. The Balaban J connectivity index is 2.73. The summed E-state index contributed by atoms with van der Waals surface area (Å²) in [5.74, 6) is -0.669. The average molecular weight is 269 g/mol. The van der Waals surface area contributed by atoms with Crippen LogP contribution in [0.4, 0.5) is 4.39 Å². The first-order valence-corrected chi connectivity index (χ1v) is 6.03. The van der Waals surface area contributed by atoms with Gasteiger partial charge in [0, 0.05) is 32.4 Å². The molecule has 5 nitrogen and oxygen atoms in total. The highest BCUT2D eigenvalue weighted by Gasteiger charge is 2.12. The van der Waals surface area contributed by atoms with Crippen LogP contribution in [0.5, 0.6) is 0 Å². The number of halogens is 1. The summed E-state index contributed by atoms with van der Waals surface area (Å²) < 4.78 is 19.1. The summed E-state index contributed by atoms with van der Waals surface area (Å²) in [4.78, 5) is 1.99. The molecule has 0 aliphatic carbocycles. The predicted molar refractivity (Wildman–Crippen MR) is 71.7 cm³/mol. The highest BCUT2D eigenvalue weighted by Crippen LogP contribution is 2.14. The Morgan fingerprint density at radius 2 is 2.26 bits per heavy atom. The van der Waals surface area contributed by atoms with Gasteiger partial charge in [-0.2, -0.15) is 0 Å². The predicted octanol–water partition coefficient (Wildman–Crippen LogP) is 1.39. The minimum absolute atomic E-state index is 0.116. The lowest BCUT2D eigenvalue weighted by molar-refractivity contribution is 0.178. The van der Waals surface area contributed by atoms with E-state index in [9.17, 15) is 4.39 Å². The maximum absolute atomic E-state index is 14.1. The van der Waals surface area contributed by atoms with E-state index in [2.05, 4.69) is 5.16 Å². The van der Waals surface area contributed by atoms with Gasteiger partial charge in [0.2, 0.25) is 0 Å². The number of benzene rings is 1. The maximum atomic E-state index is 14.1. The number of oxime groups is 1. The van der Waals surface area contributed by atoms with E-state index in [1.807, 2.05) is 11.9 Å². The van der Waals surface area contributed by atoms with Crippen LogP contribution in [0.15, 0.2) is 23.4 Å². The van der Waals surface area contributed by atoms with Gasteiger partial charge in [-0.05, 0) is 19.5 Å². The van der Waals surface area contributed by atoms with Crippen molar-refractivity contribution in [1.82, 2.24) is 4.90 Å². The molecule has 3 N–H and O–H groups in total. The first kappa shape index (κ1) is 15.4. The number of nitrogens with two attached hydrogens (primary N) is 1. The summed E-state index contributed by atoms with van der Waals surface area (Å²) in [5, 5.41) is 11.4. The Morgan fingerprint density at radius 1 is 1.53 bits per heavy atom. The van der Waals surface area contributed by atoms with Gasteiger partial charge in [-0.25, -0.2) is 4.39 Å². The first-order valence-electron chi connectivity index (χ1n) is 6.03. The van der Waals surface area contributed by atoms with Crippen molar-refractivity contribution in [2.24, 2.45) is 10.9 Å². The van der Waals surface area contributed by atoms with Gasteiger partial charge < -0.3 is 20.6 Å². The van der Waals surface area contributed by atoms with Crippen LogP contribution in [-0.2, 0) is 11.3 Å². The van der Waals surface area contributed by atoms with Crippen molar-refractivity contribution >= 4 is 5.84 Å². The number of nitrogens with zero attached hydrogens (tertiary/aromatic N) is 2. The van der Waals surface area contributed by atoms with Crippen molar-refractivity contribution in [1.29, 1.82) is 0 Å². The summed E-state index contributed by atoms with van der Waals surface area (Å²) >= 11 is 0. The van der Waals surface area contributed by atoms with Gasteiger partial charge in [0.05, 0.1) is 5.56 Å². The van der Waals surface area contributed by atoms with Crippen molar-refractivity contribution in [3.8, 4) is 0 Å². The monoisotopic (exact) mass is 269 g/mol. The summed E-state index contributed by atoms with van der Waals surface area (Å²) in [6.45, 7) is 1.94. The summed E-state index contributed by atoms with van der Waals surface area (Å²) in [5.41, 5.74) is 6.06. The van der Waals surface area contributed by atoms with Crippen molar-refractivity contribution in [3.05, 3.63) is 35.1 Å². The van der Waals surface area contributed by atoms with Gasteiger partial charge >= 0.3 is 0 Å². The second-order valence-corrected chi connectivity index (χ2v) is 4.35. The molecular weight excluding hydrogens is 249 g/mol. The second-order valence-electron chi connectivity index (χ2n) is 4.35.